The fourth-order valence-corrected chi connectivity index (χ4v) is 1.29. The molecule has 0 fully saturated rings. The lowest BCUT2D eigenvalue weighted by atomic mass is 10.1. The van der Waals surface area contributed by atoms with Crippen LogP contribution in [-0.2, 0) is 0 Å². The van der Waals surface area contributed by atoms with E-state index in [9.17, 15) is 9.18 Å². The molecule has 0 amide bonds. The van der Waals surface area contributed by atoms with Gasteiger partial charge in [0.05, 0.1) is 17.1 Å². The number of H-pyrrole nitrogens is 1. The minimum Gasteiger partial charge on any atom is -0.322 e. The van der Waals surface area contributed by atoms with Crippen molar-refractivity contribution in [2.45, 2.75) is 0 Å². The summed E-state index contributed by atoms with van der Waals surface area (Å²) in [6.45, 7) is 0. The van der Waals surface area contributed by atoms with Gasteiger partial charge in [0, 0.05) is 11.5 Å². The first-order valence-electron chi connectivity index (χ1n) is 3.93. The zero-order chi connectivity index (χ0) is 10.1. The number of pyridine rings is 1. The molecule has 2 rings (SSSR count). The highest BCUT2D eigenvalue weighted by Gasteiger charge is 2.03. The van der Waals surface area contributed by atoms with E-state index in [0.717, 1.165) is 6.07 Å². The van der Waals surface area contributed by atoms with E-state index in [4.69, 9.17) is 5.26 Å². The molecular formula is C10H5FN2O. The van der Waals surface area contributed by atoms with Crippen LogP contribution in [0.4, 0.5) is 4.39 Å². The Morgan fingerprint density at radius 1 is 1.36 bits per heavy atom. The topological polar surface area (TPSA) is 56.6 Å². The first-order valence-corrected chi connectivity index (χ1v) is 3.93. The van der Waals surface area contributed by atoms with Crippen molar-refractivity contribution in [3.8, 4) is 6.07 Å². The van der Waals surface area contributed by atoms with E-state index in [1.165, 1.54) is 18.2 Å². The van der Waals surface area contributed by atoms with Crippen molar-refractivity contribution in [3.05, 3.63) is 46.0 Å². The number of rotatable bonds is 0. The lowest BCUT2D eigenvalue weighted by Gasteiger charge is -1.98. The Hall–Kier alpha value is -2.15. The number of aromatic nitrogens is 1. The zero-order valence-corrected chi connectivity index (χ0v) is 7.04. The molecular weight excluding hydrogens is 183 g/mol. The molecule has 2 aromatic rings. The third-order valence-electron chi connectivity index (χ3n) is 1.92. The summed E-state index contributed by atoms with van der Waals surface area (Å²) in [5.74, 6) is -0.504. The number of halogens is 1. The summed E-state index contributed by atoms with van der Waals surface area (Å²) in [6.07, 6.45) is 0. The van der Waals surface area contributed by atoms with Gasteiger partial charge in [0.2, 0.25) is 5.56 Å². The molecule has 0 saturated heterocycles. The number of fused-ring (bicyclic) bond motifs is 1. The molecule has 0 radical (unpaired) electrons. The molecule has 1 aromatic carbocycles. The van der Waals surface area contributed by atoms with Crippen molar-refractivity contribution in [1.82, 2.24) is 4.98 Å². The summed E-state index contributed by atoms with van der Waals surface area (Å²) in [7, 11) is 0. The van der Waals surface area contributed by atoms with Crippen molar-refractivity contribution in [1.29, 1.82) is 5.26 Å². The molecule has 3 nitrogen and oxygen atoms in total. The van der Waals surface area contributed by atoms with E-state index in [1.807, 2.05) is 6.07 Å². The third-order valence-corrected chi connectivity index (χ3v) is 1.92. The van der Waals surface area contributed by atoms with Crippen LogP contribution in [0.1, 0.15) is 5.56 Å². The van der Waals surface area contributed by atoms with Crippen molar-refractivity contribution >= 4 is 10.9 Å². The number of hydrogen-bond donors (Lipinski definition) is 1. The Bertz CT molecular complexity index is 595. The highest BCUT2D eigenvalue weighted by atomic mass is 19.1. The van der Waals surface area contributed by atoms with Crippen LogP contribution in [0.3, 0.4) is 0 Å². The van der Waals surface area contributed by atoms with Crippen LogP contribution in [0.25, 0.3) is 10.9 Å². The van der Waals surface area contributed by atoms with Crippen LogP contribution >= 0.6 is 0 Å². The Morgan fingerprint density at radius 2 is 2.14 bits per heavy atom. The Balaban J connectivity index is 2.92. The van der Waals surface area contributed by atoms with Crippen LogP contribution in [0.15, 0.2) is 29.1 Å². The number of hydrogen-bond acceptors (Lipinski definition) is 2. The van der Waals surface area contributed by atoms with Crippen molar-refractivity contribution in [2.24, 2.45) is 0 Å². The standard InChI is InChI=1S/C10H5FN2O/c11-8-3-6(5-12)4-9-7(8)1-2-10(14)13-9/h1-4H,(H,13,14). The monoisotopic (exact) mass is 188 g/mol. The zero-order valence-electron chi connectivity index (χ0n) is 7.04. The summed E-state index contributed by atoms with van der Waals surface area (Å²) in [4.78, 5) is 13.4. The summed E-state index contributed by atoms with van der Waals surface area (Å²) >= 11 is 0. The van der Waals surface area contributed by atoms with Gasteiger partial charge in [-0.05, 0) is 18.2 Å². The number of benzene rings is 1. The first-order chi connectivity index (χ1) is 6.70. The van der Waals surface area contributed by atoms with Crippen molar-refractivity contribution < 1.29 is 4.39 Å². The van der Waals surface area contributed by atoms with Crippen LogP contribution in [0, 0.1) is 17.1 Å². The minimum absolute atomic E-state index is 0.192. The maximum absolute atomic E-state index is 13.3. The quantitative estimate of drug-likeness (QED) is 0.681. The van der Waals surface area contributed by atoms with E-state index < -0.39 is 5.82 Å². The average molecular weight is 188 g/mol. The van der Waals surface area contributed by atoms with E-state index >= 15 is 0 Å². The molecule has 0 aliphatic rings. The molecule has 1 N–H and O–H groups in total. The van der Waals surface area contributed by atoms with Gasteiger partial charge >= 0.3 is 0 Å². The lowest BCUT2D eigenvalue weighted by molar-refractivity contribution is 0.639. The highest BCUT2D eigenvalue weighted by Crippen LogP contribution is 2.15. The Morgan fingerprint density at radius 3 is 2.86 bits per heavy atom. The second kappa shape index (κ2) is 2.96. The van der Waals surface area contributed by atoms with Gasteiger partial charge in [-0.1, -0.05) is 0 Å². The molecule has 0 aliphatic heterocycles. The van der Waals surface area contributed by atoms with Gasteiger partial charge in [0.15, 0.2) is 0 Å². The van der Waals surface area contributed by atoms with Crippen LogP contribution in [0.5, 0.6) is 0 Å². The second-order valence-electron chi connectivity index (χ2n) is 2.85. The smallest absolute Gasteiger partial charge is 0.248 e. The number of nitrogens with zero attached hydrogens (tertiary/aromatic N) is 1. The SMILES string of the molecule is N#Cc1cc(F)c2ccc(=O)[nH]c2c1. The molecule has 68 valence electrons. The Labute approximate surface area is 78.4 Å². The molecule has 0 spiro atoms. The molecule has 14 heavy (non-hydrogen) atoms. The molecule has 0 unspecified atom stereocenters. The predicted molar refractivity (Wildman–Crippen MR) is 49.2 cm³/mol. The van der Waals surface area contributed by atoms with Gasteiger partial charge in [-0.25, -0.2) is 4.39 Å². The highest BCUT2D eigenvalue weighted by molar-refractivity contribution is 5.80. The maximum Gasteiger partial charge on any atom is 0.248 e. The van der Waals surface area contributed by atoms with Crippen LogP contribution in [-0.4, -0.2) is 4.98 Å². The molecule has 0 atom stereocenters. The van der Waals surface area contributed by atoms with E-state index in [-0.39, 0.29) is 11.1 Å². The fourth-order valence-electron chi connectivity index (χ4n) is 1.29. The minimum atomic E-state index is -0.504. The Kier molecular flexibility index (Phi) is 1.79. The molecule has 0 bridgehead atoms. The van der Waals surface area contributed by atoms with E-state index in [0.29, 0.717) is 10.9 Å². The lowest BCUT2D eigenvalue weighted by Crippen LogP contribution is -2.03. The third kappa shape index (κ3) is 1.25. The molecule has 0 saturated carbocycles. The van der Waals surface area contributed by atoms with E-state index in [1.54, 1.807) is 0 Å². The van der Waals surface area contributed by atoms with Crippen molar-refractivity contribution in [3.63, 3.8) is 0 Å². The summed E-state index contributed by atoms with van der Waals surface area (Å²) in [5, 5.41) is 8.89. The maximum atomic E-state index is 13.3. The van der Waals surface area contributed by atoms with Crippen molar-refractivity contribution in [2.75, 3.05) is 0 Å². The number of aromatic amines is 1. The number of nitrogens with one attached hydrogen (secondary N) is 1. The normalized spacial score (nSPS) is 10.0. The number of nitriles is 1. The average Bonchev–Trinajstić information content (AvgIpc) is 2.16. The molecule has 1 aromatic heterocycles. The van der Waals surface area contributed by atoms with Gasteiger partial charge in [0.1, 0.15) is 5.82 Å². The van der Waals surface area contributed by atoms with Crippen LogP contribution in [0.2, 0.25) is 0 Å². The largest absolute Gasteiger partial charge is 0.322 e. The summed E-state index contributed by atoms with van der Waals surface area (Å²) < 4.78 is 13.3. The van der Waals surface area contributed by atoms with Gasteiger partial charge in [-0.15, -0.1) is 0 Å². The second-order valence-corrected chi connectivity index (χ2v) is 2.85. The summed E-state index contributed by atoms with van der Waals surface area (Å²) in [5.41, 5.74) is 0.220. The summed E-state index contributed by atoms with van der Waals surface area (Å²) in [6, 6.07) is 7.04. The first kappa shape index (κ1) is 8.45. The van der Waals surface area contributed by atoms with E-state index in [2.05, 4.69) is 4.98 Å². The predicted octanol–water partition coefficient (Wildman–Crippen LogP) is 1.54. The molecule has 1 heterocycles. The molecule has 4 heteroatoms. The van der Waals surface area contributed by atoms with Gasteiger partial charge in [-0.3, -0.25) is 4.79 Å². The molecule has 0 aliphatic carbocycles. The fraction of sp³-hybridized carbons (Fsp3) is 0. The van der Waals surface area contributed by atoms with Gasteiger partial charge < -0.3 is 4.98 Å². The van der Waals surface area contributed by atoms with Gasteiger partial charge in [0.25, 0.3) is 0 Å². The van der Waals surface area contributed by atoms with Gasteiger partial charge in [-0.2, -0.15) is 5.26 Å². The van der Waals surface area contributed by atoms with Crippen LogP contribution < -0.4 is 5.56 Å².